The molecule has 2 fully saturated rings. The van der Waals surface area contributed by atoms with Crippen LogP contribution >= 0.6 is 11.8 Å². The minimum atomic E-state index is -0.558. The maximum atomic E-state index is 11.2. The average molecular weight is 198 g/mol. The first-order valence-electron chi connectivity index (χ1n) is 3.71. The van der Waals surface area contributed by atoms with Gasteiger partial charge in [-0.15, -0.1) is 0 Å². The van der Waals surface area contributed by atoms with E-state index in [0.717, 1.165) is 0 Å². The van der Waals surface area contributed by atoms with Gasteiger partial charge in [0.1, 0.15) is 5.70 Å². The highest BCUT2D eigenvalue weighted by Gasteiger charge is 2.31. The number of amides is 3. The van der Waals surface area contributed by atoms with Gasteiger partial charge in [-0.3, -0.25) is 14.9 Å². The van der Waals surface area contributed by atoms with E-state index in [2.05, 4.69) is 10.6 Å². The fourth-order valence-electron chi connectivity index (χ4n) is 1.24. The van der Waals surface area contributed by atoms with Gasteiger partial charge in [0.25, 0.3) is 5.91 Å². The molecule has 3 amide bonds. The Balaban J connectivity index is 2.38. The Hall–Kier alpha value is -1.30. The van der Waals surface area contributed by atoms with Crippen LogP contribution in [0.4, 0.5) is 4.79 Å². The second-order valence-electron chi connectivity index (χ2n) is 2.65. The van der Waals surface area contributed by atoms with Crippen LogP contribution in [0.5, 0.6) is 0 Å². The highest BCUT2D eigenvalue weighted by Crippen LogP contribution is 2.27. The fourth-order valence-corrected chi connectivity index (χ4v) is 2.11. The van der Waals surface area contributed by atoms with Crippen molar-refractivity contribution in [1.29, 1.82) is 0 Å². The van der Waals surface area contributed by atoms with Crippen LogP contribution in [0.25, 0.3) is 0 Å². The Labute approximate surface area is 77.9 Å². The molecule has 2 aliphatic rings. The van der Waals surface area contributed by atoms with Gasteiger partial charge in [0.05, 0.1) is 0 Å². The number of carbonyl (C=O) groups excluding carboxylic acids is 3. The van der Waals surface area contributed by atoms with E-state index < -0.39 is 11.9 Å². The lowest BCUT2D eigenvalue weighted by Gasteiger charge is -1.96. The van der Waals surface area contributed by atoms with E-state index in [0.29, 0.717) is 17.7 Å². The highest BCUT2D eigenvalue weighted by molar-refractivity contribution is 8.14. The number of nitrogens with one attached hydrogen (secondary N) is 2. The zero-order valence-corrected chi connectivity index (χ0v) is 7.36. The van der Waals surface area contributed by atoms with Crippen molar-refractivity contribution in [3.63, 3.8) is 0 Å². The van der Waals surface area contributed by atoms with Gasteiger partial charge in [-0.25, -0.2) is 4.79 Å². The first kappa shape index (κ1) is 8.31. The quantitative estimate of drug-likeness (QED) is 0.415. The van der Waals surface area contributed by atoms with Crippen LogP contribution in [0.1, 0.15) is 6.42 Å². The molecule has 0 atom stereocenters. The largest absolute Gasteiger partial charge is 0.326 e. The molecule has 0 unspecified atom stereocenters. The van der Waals surface area contributed by atoms with Crippen LogP contribution in [0.3, 0.4) is 0 Å². The summed E-state index contributed by atoms with van der Waals surface area (Å²) in [4.78, 5) is 33.0. The highest BCUT2D eigenvalue weighted by atomic mass is 32.2. The van der Waals surface area contributed by atoms with E-state index in [9.17, 15) is 14.4 Å². The van der Waals surface area contributed by atoms with Gasteiger partial charge >= 0.3 is 6.03 Å². The summed E-state index contributed by atoms with van der Waals surface area (Å²) in [5.41, 5.74) is 0.549. The molecular weight excluding hydrogens is 192 g/mol. The fraction of sp³-hybridized carbons (Fsp3) is 0.286. The molecule has 0 aromatic rings. The second kappa shape index (κ2) is 2.88. The van der Waals surface area contributed by atoms with Gasteiger partial charge in [0.15, 0.2) is 0 Å². The number of imide groups is 1. The Kier molecular flexibility index (Phi) is 1.84. The first-order valence-corrected chi connectivity index (χ1v) is 4.69. The number of thioether (sulfide) groups is 1. The van der Waals surface area contributed by atoms with Crippen LogP contribution in [-0.2, 0) is 9.59 Å². The van der Waals surface area contributed by atoms with Crippen LogP contribution in [0, 0.1) is 0 Å². The van der Waals surface area contributed by atoms with Crippen molar-refractivity contribution in [3.8, 4) is 0 Å². The maximum Gasteiger partial charge on any atom is 0.326 e. The topological polar surface area (TPSA) is 75.3 Å². The number of urea groups is 1. The molecule has 0 saturated carbocycles. The maximum absolute atomic E-state index is 11.2. The Bertz CT molecular complexity index is 348. The van der Waals surface area contributed by atoms with E-state index in [1.165, 1.54) is 11.8 Å². The summed E-state index contributed by atoms with van der Waals surface area (Å²) >= 11 is 1.17. The smallest absolute Gasteiger partial charge is 0.302 e. The molecule has 6 heteroatoms. The summed E-state index contributed by atoms with van der Waals surface area (Å²) in [6.07, 6.45) is 0.548. The lowest BCUT2D eigenvalue weighted by atomic mass is 10.2. The number of hydrogen-bond donors (Lipinski definition) is 2. The summed E-state index contributed by atoms with van der Waals surface area (Å²) in [5.74, 6) is 0.178. The molecule has 68 valence electrons. The summed E-state index contributed by atoms with van der Waals surface area (Å²) in [7, 11) is 0. The molecule has 13 heavy (non-hydrogen) atoms. The van der Waals surface area contributed by atoms with Crippen LogP contribution in [0.2, 0.25) is 0 Å². The molecule has 0 aromatic heterocycles. The van der Waals surface area contributed by atoms with Crippen molar-refractivity contribution in [2.24, 2.45) is 0 Å². The minimum absolute atomic E-state index is 0.118. The second-order valence-corrected chi connectivity index (χ2v) is 3.72. The van der Waals surface area contributed by atoms with Gasteiger partial charge in [0, 0.05) is 11.3 Å². The van der Waals surface area contributed by atoms with E-state index in [4.69, 9.17) is 0 Å². The predicted molar refractivity (Wildman–Crippen MR) is 45.8 cm³/mol. The normalized spacial score (nSPS) is 27.8. The zero-order valence-electron chi connectivity index (χ0n) is 6.55. The average Bonchev–Trinajstić information content (AvgIpc) is 2.58. The third-order valence-electron chi connectivity index (χ3n) is 1.83. The van der Waals surface area contributed by atoms with Crippen molar-refractivity contribution >= 4 is 28.8 Å². The van der Waals surface area contributed by atoms with E-state index >= 15 is 0 Å². The van der Waals surface area contributed by atoms with Crippen molar-refractivity contribution < 1.29 is 14.4 Å². The van der Waals surface area contributed by atoms with Crippen LogP contribution in [-0.4, -0.2) is 22.8 Å². The molecular formula is C7H6N2O3S. The summed E-state index contributed by atoms with van der Waals surface area (Å²) in [5, 5.41) is 4.26. The summed E-state index contributed by atoms with van der Waals surface area (Å²) in [6, 6.07) is -0.558. The third kappa shape index (κ3) is 1.33. The van der Waals surface area contributed by atoms with Gasteiger partial charge < -0.3 is 5.32 Å². The molecule has 0 aromatic carbocycles. The van der Waals surface area contributed by atoms with Crippen LogP contribution in [0.15, 0.2) is 11.3 Å². The van der Waals surface area contributed by atoms with E-state index in [1.807, 2.05) is 0 Å². The van der Waals surface area contributed by atoms with E-state index in [1.54, 1.807) is 0 Å². The standard InChI is InChI=1S/C7H6N2O3S/c10-5-4(8-7(12)9-5)3-1-2-13-6(3)11/h1-2H2,(H2,8,9,10,12)/b4-3+. The molecule has 2 heterocycles. The lowest BCUT2D eigenvalue weighted by molar-refractivity contribution is -0.116. The van der Waals surface area contributed by atoms with E-state index in [-0.39, 0.29) is 10.8 Å². The van der Waals surface area contributed by atoms with Crippen molar-refractivity contribution in [2.75, 3.05) is 5.75 Å². The Morgan fingerprint density at radius 1 is 1.15 bits per heavy atom. The third-order valence-corrected chi connectivity index (χ3v) is 2.74. The molecule has 2 rings (SSSR count). The molecule has 2 saturated heterocycles. The van der Waals surface area contributed by atoms with Crippen LogP contribution < -0.4 is 10.6 Å². The van der Waals surface area contributed by atoms with Gasteiger partial charge in [-0.2, -0.15) is 0 Å². The van der Waals surface area contributed by atoms with Crippen molar-refractivity contribution in [3.05, 3.63) is 11.3 Å². The number of carbonyl (C=O) groups is 3. The SMILES string of the molecule is O=C1NC(=O)/C(=C2/CCSC2=O)N1. The zero-order chi connectivity index (χ0) is 9.42. The van der Waals surface area contributed by atoms with Crippen molar-refractivity contribution in [1.82, 2.24) is 10.6 Å². The molecule has 0 spiro atoms. The predicted octanol–water partition coefficient (Wildman–Crippen LogP) is -0.257. The molecule has 0 bridgehead atoms. The molecule has 0 aliphatic carbocycles. The number of rotatable bonds is 0. The minimum Gasteiger partial charge on any atom is -0.302 e. The molecule has 2 aliphatic heterocycles. The number of hydrogen-bond acceptors (Lipinski definition) is 4. The molecule has 5 nitrogen and oxygen atoms in total. The monoisotopic (exact) mass is 198 g/mol. The molecule has 0 radical (unpaired) electrons. The lowest BCUT2D eigenvalue weighted by Crippen LogP contribution is -2.22. The van der Waals surface area contributed by atoms with Gasteiger partial charge in [-0.1, -0.05) is 11.8 Å². The van der Waals surface area contributed by atoms with Gasteiger partial charge in [-0.05, 0) is 6.42 Å². The Morgan fingerprint density at radius 3 is 2.38 bits per heavy atom. The first-order chi connectivity index (χ1) is 6.18. The van der Waals surface area contributed by atoms with Crippen molar-refractivity contribution in [2.45, 2.75) is 6.42 Å². The summed E-state index contributed by atoms with van der Waals surface area (Å²) < 4.78 is 0. The molecule has 2 N–H and O–H groups in total. The summed E-state index contributed by atoms with van der Waals surface area (Å²) in [6.45, 7) is 0. The van der Waals surface area contributed by atoms with Gasteiger partial charge in [0.2, 0.25) is 5.12 Å². The Morgan fingerprint density at radius 2 is 1.92 bits per heavy atom.